The predicted octanol–water partition coefficient (Wildman–Crippen LogP) is 3.20. The lowest BCUT2D eigenvalue weighted by atomic mass is 9.79. The first-order chi connectivity index (χ1) is 5.97. The van der Waals surface area contributed by atoms with Crippen molar-refractivity contribution >= 4 is 0 Å². The lowest BCUT2D eigenvalue weighted by molar-refractivity contribution is 0.244. The Morgan fingerprint density at radius 1 is 1.31 bits per heavy atom. The van der Waals surface area contributed by atoms with Crippen molar-refractivity contribution in [3.8, 4) is 0 Å². The molecular formula is C12H25N. The molecule has 1 heteroatoms. The van der Waals surface area contributed by atoms with Crippen molar-refractivity contribution in [3.05, 3.63) is 0 Å². The van der Waals surface area contributed by atoms with Gasteiger partial charge in [-0.3, -0.25) is 0 Å². The molecule has 0 bridgehead atoms. The maximum Gasteiger partial charge on any atom is 0.00966 e. The Morgan fingerprint density at radius 2 is 1.92 bits per heavy atom. The first kappa shape index (κ1) is 11.0. The second kappa shape index (κ2) is 4.45. The molecule has 1 fully saturated rings. The summed E-state index contributed by atoms with van der Waals surface area (Å²) in [6.07, 6.45) is 5.88. The summed E-state index contributed by atoms with van der Waals surface area (Å²) in [5.41, 5.74) is 0.286. The van der Waals surface area contributed by atoms with E-state index in [0.29, 0.717) is 0 Å². The first-order valence-corrected chi connectivity index (χ1v) is 5.72. The Labute approximate surface area is 83.3 Å². The molecule has 0 radical (unpaired) electrons. The fourth-order valence-electron chi connectivity index (χ4n) is 1.86. The Bertz CT molecular complexity index is 142. The summed E-state index contributed by atoms with van der Waals surface area (Å²) in [7, 11) is 0. The normalized spacial score (nSPS) is 21.2. The van der Waals surface area contributed by atoms with Crippen LogP contribution >= 0.6 is 0 Å². The summed E-state index contributed by atoms with van der Waals surface area (Å²) < 4.78 is 0. The largest absolute Gasteiger partial charge is 0.312 e. The first-order valence-electron chi connectivity index (χ1n) is 5.72. The van der Waals surface area contributed by atoms with Crippen LogP contribution in [0.25, 0.3) is 0 Å². The summed E-state index contributed by atoms with van der Waals surface area (Å²) in [5, 5.41) is 3.58. The van der Waals surface area contributed by atoms with Crippen LogP contribution in [0.15, 0.2) is 0 Å². The zero-order valence-corrected chi connectivity index (χ0v) is 9.69. The third kappa shape index (κ3) is 4.66. The van der Waals surface area contributed by atoms with E-state index in [1.165, 1.54) is 32.2 Å². The van der Waals surface area contributed by atoms with Gasteiger partial charge in [0, 0.05) is 5.54 Å². The lowest BCUT2D eigenvalue weighted by Gasteiger charge is -2.30. The average Bonchev–Trinajstić information content (AvgIpc) is 1.91. The van der Waals surface area contributed by atoms with Crippen LogP contribution in [0.1, 0.15) is 53.4 Å². The van der Waals surface area contributed by atoms with Gasteiger partial charge in [0.1, 0.15) is 0 Å². The smallest absolute Gasteiger partial charge is 0.00966 e. The molecule has 0 aromatic heterocycles. The molecule has 0 saturated heterocycles. The molecule has 1 saturated carbocycles. The maximum atomic E-state index is 3.58. The quantitative estimate of drug-likeness (QED) is 0.706. The standard InChI is InChI=1S/C12H25N/c1-10(8-11-6-5-7-11)9-13-12(2,3)4/h10-11,13H,5-9H2,1-4H3. The minimum atomic E-state index is 0.286. The van der Waals surface area contributed by atoms with Crippen molar-refractivity contribution in [2.24, 2.45) is 11.8 Å². The van der Waals surface area contributed by atoms with Crippen molar-refractivity contribution in [3.63, 3.8) is 0 Å². The van der Waals surface area contributed by atoms with Gasteiger partial charge in [0.15, 0.2) is 0 Å². The van der Waals surface area contributed by atoms with E-state index in [9.17, 15) is 0 Å². The van der Waals surface area contributed by atoms with Crippen LogP contribution in [0, 0.1) is 11.8 Å². The maximum absolute atomic E-state index is 3.58. The van der Waals surface area contributed by atoms with Gasteiger partial charge in [-0.25, -0.2) is 0 Å². The topological polar surface area (TPSA) is 12.0 Å². The SMILES string of the molecule is CC(CNC(C)(C)C)CC1CCC1. The molecule has 1 N–H and O–H groups in total. The van der Waals surface area contributed by atoms with Crippen LogP contribution in [0.2, 0.25) is 0 Å². The van der Waals surface area contributed by atoms with Gasteiger partial charge in [0.2, 0.25) is 0 Å². The van der Waals surface area contributed by atoms with Gasteiger partial charge in [0.25, 0.3) is 0 Å². The van der Waals surface area contributed by atoms with E-state index in [-0.39, 0.29) is 5.54 Å². The molecular weight excluding hydrogens is 158 g/mol. The van der Waals surface area contributed by atoms with E-state index in [1.54, 1.807) is 0 Å². The molecule has 0 spiro atoms. The number of hydrogen-bond acceptors (Lipinski definition) is 1. The van der Waals surface area contributed by atoms with E-state index in [4.69, 9.17) is 0 Å². The second-order valence-electron chi connectivity index (χ2n) is 5.77. The summed E-state index contributed by atoms with van der Waals surface area (Å²) in [5.74, 6) is 1.90. The average molecular weight is 183 g/mol. The van der Waals surface area contributed by atoms with E-state index in [0.717, 1.165) is 11.8 Å². The van der Waals surface area contributed by atoms with Gasteiger partial charge < -0.3 is 5.32 Å². The molecule has 0 aliphatic heterocycles. The van der Waals surface area contributed by atoms with E-state index >= 15 is 0 Å². The number of hydrogen-bond donors (Lipinski definition) is 1. The van der Waals surface area contributed by atoms with E-state index < -0.39 is 0 Å². The monoisotopic (exact) mass is 183 g/mol. The van der Waals surface area contributed by atoms with Gasteiger partial charge in [-0.1, -0.05) is 26.2 Å². The van der Waals surface area contributed by atoms with Crippen LogP contribution < -0.4 is 5.32 Å². The van der Waals surface area contributed by atoms with Crippen LogP contribution in [-0.2, 0) is 0 Å². The number of rotatable bonds is 4. The Balaban J connectivity index is 2.06. The number of nitrogens with one attached hydrogen (secondary N) is 1. The molecule has 1 rings (SSSR count). The minimum absolute atomic E-state index is 0.286. The molecule has 0 amide bonds. The zero-order chi connectivity index (χ0) is 9.90. The van der Waals surface area contributed by atoms with Crippen LogP contribution in [0.5, 0.6) is 0 Å². The van der Waals surface area contributed by atoms with Crippen molar-refractivity contribution in [2.45, 2.75) is 58.9 Å². The lowest BCUT2D eigenvalue weighted by Crippen LogP contribution is -2.39. The molecule has 0 aromatic carbocycles. The summed E-state index contributed by atoms with van der Waals surface area (Å²) in [4.78, 5) is 0. The fourth-order valence-corrected chi connectivity index (χ4v) is 1.86. The molecule has 78 valence electrons. The molecule has 1 aliphatic rings. The molecule has 13 heavy (non-hydrogen) atoms. The highest BCUT2D eigenvalue weighted by atomic mass is 14.9. The van der Waals surface area contributed by atoms with Gasteiger partial charge in [-0.05, 0) is 45.6 Å². The highest BCUT2D eigenvalue weighted by Gasteiger charge is 2.20. The second-order valence-corrected chi connectivity index (χ2v) is 5.77. The van der Waals surface area contributed by atoms with Gasteiger partial charge in [-0.2, -0.15) is 0 Å². The molecule has 0 heterocycles. The Hall–Kier alpha value is -0.0400. The van der Waals surface area contributed by atoms with Gasteiger partial charge in [0.05, 0.1) is 0 Å². The third-order valence-corrected chi connectivity index (χ3v) is 2.94. The highest BCUT2D eigenvalue weighted by molar-refractivity contribution is 4.76. The molecule has 1 aliphatic carbocycles. The third-order valence-electron chi connectivity index (χ3n) is 2.94. The summed E-state index contributed by atoms with van der Waals surface area (Å²) in [6.45, 7) is 10.3. The fraction of sp³-hybridized carbons (Fsp3) is 1.00. The van der Waals surface area contributed by atoms with Crippen LogP contribution in [0.4, 0.5) is 0 Å². The Morgan fingerprint density at radius 3 is 2.31 bits per heavy atom. The van der Waals surface area contributed by atoms with Crippen molar-refractivity contribution < 1.29 is 0 Å². The summed E-state index contributed by atoms with van der Waals surface area (Å²) >= 11 is 0. The Kier molecular flexibility index (Phi) is 3.78. The van der Waals surface area contributed by atoms with Crippen LogP contribution in [0.3, 0.4) is 0 Å². The van der Waals surface area contributed by atoms with Crippen molar-refractivity contribution in [1.82, 2.24) is 5.32 Å². The van der Waals surface area contributed by atoms with E-state index in [1.807, 2.05) is 0 Å². The minimum Gasteiger partial charge on any atom is -0.312 e. The van der Waals surface area contributed by atoms with Crippen molar-refractivity contribution in [1.29, 1.82) is 0 Å². The molecule has 1 atom stereocenters. The van der Waals surface area contributed by atoms with E-state index in [2.05, 4.69) is 33.0 Å². The molecule has 0 aromatic rings. The highest BCUT2D eigenvalue weighted by Crippen LogP contribution is 2.31. The molecule has 1 nitrogen and oxygen atoms in total. The summed E-state index contributed by atoms with van der Waals surface area (Å²) in [6, 6.07) is 0. The van der Waals surface area contributed by atoms with Crippen molar-refractivity contribution in [2.75, 3.05) is 6.54 Å². The zero-order valence-electron chi connectivity index (χ0n) is 9.69. The van der Waals surface area contributed by atoms with Gasteiger partial charge in [-0.15, -0.1) is 0 Å². The predicted molar refractivity (Wildman–Crippen MR) is 58.9 cm³/mol. The van der Waals surface area contributed by atoms with Crippen LogP contribution in [-0.4, -0.2) is 12.1 Å². The molecule has 1 unspecified atom stereocenters. The van der Waals surface area contributed by atoms with Gasteiger partial charge >= 0.3 is 0 Å².